The molecule has 2 N–H and O–H groups in total. The fraction of sp³-hybridized carbons (Fsp3) is 0.556. The molecule has 0 aliphatic rings. The number of carbonyl (C=O) groups excluding carboxylic acids is 1. The molecule has 0 aliphatic carbocycles. The number of esters is 1. The minimum absolute atomic E-state index is 0. The van der Waals surface area contributed by atoms with Crippen molar-refractivity contribution in [1.29, 1.82) is 0 Å². The molecular formula is C18H30IN3O3. The largest absolute Gasteiger partial charge is 0.496 e. The summed E-state index contributed by atoms with van der Waals surface area (Å²) in [5.41, 5.74) is 1.05. The van der Waals surface area contributed by atoms with Gasteiger partial charge in [0.05, 0.1) is 20.8 Å². The summed E-state index contributed by atoms with van der Waals surface area (Å²) in [6, 6.07) is 7.88. The third-order valence-corrected chi connectivity index (χ3v) is 3.52. The number of unbranched alkanes of at least 4 members (excludes halogenated alkanes) is 2. The number of rotatable bonds is 10. The minimum Gasteiger partial charge on any atom is -0.496 e. The van der Waals surface area contributed by atoms with Crippen LogP contribution in [0.5, 0.6) is 5.75 Å². The first-order valence-electron chi connectivity index (χ1n) is 8.42. The number of halogens is 1. The van der Waals surface area contributed by atoms with E-state index >= 15 is 0 Å². The van der Waals surface area contributed by atoms with Gasteiger partial charge in [-0.1, -0.05) is 24.6 Å². The van der Waals surface area contributed by atoms with Gasteiger partial charge in [0.2, 0.25) is 0 Å². The Balaban J connectivity index is 0.00000576. The lowest BCUT2D eigenvalue weighted by atomic mass is 10.2. The first-order chi connectivity index (χ1) is 11.7. The fourth-order valence-electron chi connectivity index (χ4n) is 2.22. The molecule has 142 valence electrons. The van der Waals surface area contributed by atoms with Crippen molar-refractivity contribution in [2.24, 2.45) is 4.99 Å². The van der Waals surface area contributed by atoms with Gasteiger partial charge < -0.3 is 20.1 Å². The monoisotopic (exact) mass is 463 g/mol. The maximum atomic E-state index is 11.0. The van der Waals surface area contributed by atoms with Gasteiger partial charge in [-0.05, 0) is 25.8 Å². The number of guanidine groups is 1. The SMILES string of the molecule is CCNC(=NCc1ccccc1OC)NCCCCCC(=O)OC.I. The average Bonchev–Trinajstić information content (AvgIpc) is 2.62. The number of nitrogens with one attached hydrogen (secondary N) is 2. The molecule has 7 heteroatoms. The second-order valence-corrected chi connectivity index (χ2v) is 5.32. The lowest BCUT2D eigenvalue weighted by Gasteiger charge is -2.12. The number of benzene rings is 1. The Kier molecular flexibility index (Phi) is 13.9. The molecule has 0 heterocycles. The van der Waals surface area contributed by atoms with Crippen LogP contribution in [-0.4, -0.2) is 39.2 Å². The van der Waals surface area contributed by atoms with Crippen molar-refractivity contribution in [3.8, 4) is 5.75 Å². The Morgan fingerprint density at radius 3 is 2.56 bits per heavy atom. The normalized spacial score (nSPS) is 10.6. The van der Waals surface area contributed by atoms with Crippen molar-refractivity contribution >= 4 is 35.9 Å². The molecule has 25 heavy (non-hydrogen) atoms. The van der Waals surface area contributed by atoms with Crippen LogP contribution in [0.1, 0.15) is 38.2 Å². The van der Waals surface area contributed by atoms with Crippen molar-refractivity contribution < 1.29 is 14.3 Å². The Bertz CT molecular complexity index is 524. The van der Waals surface area contributed by atoms with Crippen LogP contribution in [0.4, 0.5) is 0 Å². The van der Waals surface area contributed by atoms with E-state index in [1.807, 2.05) is 31.2 Å². The van der Waals surface area contributed by atoms with E-state index < -0.39 is 0 Å². The number of carbonyl (C=O) groups is 1. The molecule has 0 aliphatic heterocycles. The van der Waals surface area contributed by atoms with Crippen LogP contribution < -0.4 is 15.4 Å². The van der Waals surface area contributed by atoms with Crippen LogP contribution in [0.15, 0.2) is 29.3 Å². The molecule has 0 aromatic heterocycles. The summed E-state index contributed by atoms with van der Waals surface area (Å²) in [7, 11) is 3.09. The molecule has 1 aromatic rings. The van der Waals surface area contributed by atoms with E-state index in [1.54, 1.807) is 7.11 Å². The van der Waals surface area contributed by atoms with Gasteiger partial charge in [-0.15, -0.1) is 24.0 Å². The van der Waals surface area contributed by atoms with Crippen LogP contribution in [0, 0.1) is 0 Å². The zero-order valence-corrected chi connectivity index (χ0v) is 17.7. The summed E-state index contributed by atoms with van der Waals surface area (Å²) in [5, 5.41) is 6.54. The molecule has 0 bridgehead atoms. The van der Waals surface area contributed by atoms with Gasteiger partial charge in [-0.2, -0.15) is 0 Å². The average molecular weight is 463 g/mol. The summed E-state index contributed by atoms with van der Waals surface area (Å²) in [6.07, 6.45) is 3.30. The van der Waals surface area contributed by atoms with Gasteiger partial charge in [0, 0.05) is 25.1 Å². The standard InChI is InChI=1S/C18H29N3O3.HI/c1-4-19-18(20-13-9-5-6-12-17(22)24-3)21-14-15-10-7-8-11-16(15)23-2;/h7-8,10-11H,4-6,9,12-14H2,1-3H3,(H2,19,20,21);1H. The predicted octanol–water partition coefficient (Wildman–Crippen LogP) is 3.10. The van der Waals surface area contributed by atoms with Gasteiger partial charge in [0.25, 0.3) is 0 Å². The summed E-state index contributed by atoms with van der Waals surface area (Å²) >= 11 is 0. The molecule has 0 atom stereocenters. The smallest absolute Gasteiger partial charge is 0.305 e. The maximum absolute atomic E-state index is 11.0. The lowest BCUT2D eigenvalue weighted by molar-refractivity contribution is -0.140. The van der Waals surface area contributed by atoms with Gasteiger partial charge >= 0.3 is 5.97 Å². The Hall–Kier alpha value is -1.51. The van der Waals surface area contributed by atoms with Crippen LogP contribution in [0.3, 0.4) is 0 Å². The van der Waals surface area contributed by atoms with Crippen LogP contribution >= 0.6 is 24.0 Å². The molecule has 0 spiro atoms. The second kappa shape index (κ2) is 14.8. The van der Waals surface area contributed by atoms with Gasteiger partial charge in [-0.25, -0.2) is 4.99 Å². The number of para-hydroxylation sites is 1. The number of aliphatic imine (C=N–C) groups is 1. The third-order valence-electron chi connectivity index (χ3n) is 3.52. The first kappa shape index (κ1) is 23.5. The van der Waals surface area contributed by atoms with Gasteiger partial charge in [-0.3, -0.25) is 4.79 Å². The third kappa shape index (κ3) is 10.2. The molecule has 0 radical (unpaired) electrons. The van der Waals surface area contributed by atoms with E-state index in [0.29, 0.717) is 13.0 Å². The highest BCUT2D eigenvalue weighted by Crippen LogP contribution is 2.17. The number of hydrogen-bond donors (Lipinski definition) is 2. The summed E-state index contributed by atoms with van der Waals surface area (Å²) in [6.45, 7) is 4.22. The molecule has 0 saturated heterocycles. The number of methoxy groups -OCH3 is 2. The minimum atomic E-state index is -0.144. The van der Waals surface area contributed by atoms with E-state index in [4.69, 9.17) is 4.74 Å². The Morgan fingerprint density at radius 2 is 1.88 bits per heavy atom. The Labute approximate surface area is 167 Å². The number of hydrogen-bond acceptors (Lipinski definition) is 4. The Morgan fingerprint density at radius 1 is 1.12 bits per heavy atom. The van der Waals surface area contributed by atoms with Gasteiger partial charge in [0.15, 0.2) is 5.96 Å². The molecule has 1 aromatic carbocycles. The van der Waals surface area contributed by atoms with Crippen molar-refractivity contribution in [3.63, 3.8) is 0 Å². The molecule has 0 fully saturated rings. The van der Waals surface area contributed by atoms with Crippen molar-refractivity contribution in [2.75, 3.05) is 27.3 Å². The van der Waals surface area contributed by atoms with Crippen LogP contribution in [0.25, 0.3) is 0 Å². The lowest BCUT2D eigenvalue weighted by Crippen LogP contribution is -2.37. The zero-order valence-electron chi connectivity index (χ0n) is 15.3. The molecule has 1 rings (SSSR count). The van der Waals surface area contributed by atoms with E-state index in [2.05, 4.69) is 20.4 Å². The van der Waals surface area contributed by atoms with E-state index in [-0.39, 0.29) is 29.9 Å². The number of nitrogens with zero attached hydrogens (tertiary/aromatic N) is 1. The van der Waals surface area contributed by atoms with Crippen LogP contribution in [0.2, 0.25) is 0 Å². The fourth-order valence-corrected chi connectivity index (χ4v) is 2.22. The van der Waals surface area contributed by atoms with Gasteiger partial charge in [0.1, 0.15) is 5.75 Å². The van der Waals surface area contributed by atoms with E-state index in [0.717, 1.165) is 49.6 Å². The summed E-state index contributed by atoms with van der Waals surface area (Å²) in [5.74, 6) is 1.49. The van der Waals surface area contributed by atoms with Crippen LogP contribution in [-0.2, 0) is 16.1 Å². The molecule has 6 nitrogen and oxygen atoms in total. The highest BCUT2D eigenvalue weighted by atomic mass is 127. The van der Waals surface area contributed by atoms with Crippen molar-refractivity contribution in [2.45, 2.75) is 39.2 Å². The van der Waals surface area contributed by atoms with E-state index in [9.17, 15) is 4.79 Å². The topological polar surface area (TPSA) is 72.0 Å². The molecule has 0 unspecified atom stereocenters. The second-order valence-electron chi connectivity index (χ2n) is 5.32. The molecular weight excluding hydrogens is 433 g/mol. The quantitative estimate of drug-likeness (QED) is 0.184. The highest BCUT2D eigenvalue weighted by Gasteiger charge is 2.03. The van der Waals surface area contributed by atoms with Crippen molar-refractivity contribution in [1.82, 2.24) is 10.6 Å². The highest BCUT2D eigenvalue weighted by molar-refractivity contribution is 14.0. The van der Waals surface area contributed by atoms with Crippen molar-refractivity contribution in [3.05, 3.63) is 29.8 Å². The maximum Gasteiger partial charge on any atom is 0.305 e. The molecule has 0 saturated carbocycles. The predicted molar refractivity (Wildman–Crippen MR) is 112 cm³/mol. The van der Waals surface area contributed by atoms with E-state index in [1.165, 1.54) is 7.11 Å². The molecule has 0 amide bonds. The zero-order chi connectivity index (χ0) is 17.6. The summed E-state index contributed by atoms with van der Waals surface area (Å²) < 4.78 is 9.97. The number of ether oxygens (including phenoxy) is 2. The summed E-state index contributed by atoms with van der Waals surface area (Å²) in [4.78, 5) is 15.6. The first-order valence-corrected chi connectivity index (χ1v) is 8.42.